The summed E-state index contributed by atoms with van der Waals surface area (Å²) in [7, 11) is 0. The average Bonchev–Trinajstić information content (AvgIpc) is 2.27. The number of nitrogens with one attached hydrogen (secondary N) is 1. The van der Waals surface area contributed by atoms with Crippen LogP contribution in [0.2, 0.25) is 0 Å². The highest BCUT2D eigenvalue weighted by molar-refractivity contribution is 9.10. The molecule has 0 aliphatic carbocycles. The van der Waals surface area contributed by atoms with Gasteiger partial charge in [0.1, 0.15) is 6.61 Å². The van der Waals surface area contributed by atoms with Crippen molar-refractivity contribution in [3.63, 3.8) is 0 Å². The zero-order valence-corrected chi connectivity index (χ0v) is 10.5. The molecular formula is C11H15BrN2O2. The minimum Gasteiger partial charge on any atom is -0.445 e. The molecule has 1 aromatic carbocycles. The number of rotatable bonds is 5. The number of carbonyl (C=O) groups is 1. The van der Waals surface area contributed by atoms with E-state index in [0.29, 0.717) is 13.1 Å². The molecular weight excluding hydrogens is 272 g/mol. The lowest BCUT2D eigenvalue weighted by molar-refractivity contribution is 0.139. The maximum absolute atomic E-state index is 11.2. The summed E-state index contributed by atoms with van der Waals surface area (Å²) < 4.78 is 5.99. The summed E-state index contributed by atoms with van der Waals surface area (Å²) in [5.74, 6) is 0. The molecule has 1 amide bonds. The Morgan fingerprint density at radius 3 is 3.00 bits per heavy atom. The highest BCUT2D eigenvalue weighted by atomic mass is 79.9. The van der Waals surface area contributed by atoms with Gasteiger partial charge in [-0.05, 0) is 30.7 Å². The van der Waals surface area contributed by atoms with Gasteiger partial charge in [0.05, 0.1) is 0 Å². The summed E-state index contributed by atoms with van der Waals surface area (Å²) in [6.45, 7) is 1.38. The van der Waals surface area contributed by atoms with Gasteiger partial charge in [0, 0.05) is 11.0 Å². The number of hydrogen-bond donors (Lipinski definition) is 2. The third-order valence-corrected chi connectivity index (χ3v) is 2.40. The van der Waals surface area contributed by atoms with E-state index in [1.54, 1.807) is 0 Å². The molecule has 0 aromatic heterocycles. The molecule has 0 aliphatic heterocycles. The maximum atomic E-state index is 11.2. The highest BCUT2D eigenvalue weighted by Crippen LogP contribution is 2.12. The van der Waals surface area contributed by atoms with Crippen LogP contribution in [0.1, 0.15) is 12.0 Å². The van der Waals surface area contributed by atoms with Crippen LogP contribution in [0.5, 0.6) is 0 Å². The summed E-state index contributed by atoms with van der Waals surface area (Å²) in [6, 6.07) is 7.63. The minimum absolute atomic E-state index is 0.272. The van der Waals surface area contributed by atoms with Gasteiger partial charge in [0.15, 0.2) is 0 Å². The number of carbonyl (C=O) groups excluding carboxylic acids is 1. The Morgan fingerprint density at radius 1 is 1.50 bits per heavy atom. The fourth-order valence-electron chi connectivity index (χ4n) is 1.12. The van der Waals surface area contributed by atoms with Crippen molar-refractivity contribution in [2.24, 2.45) is 5.73 Å². The fourth-order valence-corrected chi connectivity index (χ4v) is 1.57. The van der Waals surface area contributed by atoms with Gasteiger partial charge < -0.3 is 15.8 Å². The van der Waals surface area contributed by atoms with Crippen molar-refractivity contribution in [2.45, 2.75) is 13.0 Å². The highest BCUT2D eigenvalue weighted by Gasteiger charge is 2.01. The number of benzene rings is 1. The van der Waals surface area contributed by atoms with E-state index in [-0.39, 0.29) is 6.61 Å². The lowest BCUT2D eigenvalue weighted by Gasteiger charge is -2.06. The van der Waals surface area contributed by atoms with Crippen LogP contribution in [0.15, 0.2) is 28.7 Å². The molecule has 4 nitrogen and oxygen atoms in total. The Kier molecular flexibility index (Phi) is 5.88. The van der Waals surface area contributed by atoms with Crippen LogP contribution in [0, 0.1) is 0 Å². The smallest absolute Gasteiger partial charge is 0.407 e. The molecule has 0 aliphatic rings. The van der Waals surface area contributed by atoms with Crippen molar-refractivity contribution < 1.29 is 9.53 Å². The van der Waals surface area contributed by atoms with Crippen LogP contribution in [0.4, 0.5) is 4.79 Å². The van der Waals surface area contributed by atoms with Gasteiger partial charge in [-0.15, -0.1) is 0 Å². The normalized spacial score (nSPS) is 9.88. The first-order chi connectivity index (χ1) is 7.72. The SMILES string of the molecule is NCCCNC(=O)OCc1cccc(Br)c1. The molecule has 0 heterocycles. The van der Waals surface area contributed by atoms with Gasteiger partial charge in [0.25, 0.3) is 0 Å². The molecule has 0 bridgehead atoms. The summed E-state index contributed by atoms with van der Waals surface area (Å²) in [6.07, 6.45) is 0.347. The first-order valence-corrected chi connectivity index (χ1v) is 5.87. The Balaban J connectivity index is 2.26. The second-order valence-electron chi connectivity index (χ2n) is 3.28. The molecule has 0 spiro atoms. The van der Waals surface area contributed by atoms with E-state index in [1.165, 1.54) is 0 Å². The second-order valence-corrected chi connectivity index (χ2v) is 4.19. The lowest BCUT2D eigenvalue weighted by Crippen LogP contribution is -2.26. The number of hydrogen-bond acceptors (Lipinski definition) is 3. The summed E-state index contributed by atoms with van der Waals surface area (Å²) >= 11 is 3.35. The van der Waals surface area contributed by atoms with Crippen molar-refractivity contribution in [3.8, 4) is 0 Å². The standard InChI is InChI=1S/C11H15BrN2O2/c12-10-4-1-3-9(7-10)8-16-11(15)14-6-2-5-13/h1,3-4,7H,2,5-6,8,13H2,(H,14,15). The largest absolute Gasteiger partial charge is 0.445 e. The number of alkyl carbamates (subject to hydrolysis) is 1. The molecule has 88 valence electrons. The molecule has 0 fully saturated rings. The van der Waals surface area contributed by atoms with Crippen LogP contribution >= 0.6 is 15.9 Å². The Bertz CT molecular complexity index is 345. The topological polar surface area (TPSA) is 64.3 Å². The number of halogens is 1. The van der Waals surface area contributed by atoms with Gasteiger partial charge in [0.2, 0.25) is 0 Å². The molecule has 0 saturated carbocycles. The maximum Gasteiger partial charge on any atom is 0.407 e. The van der Waals surface area contributed by atoms with E-state index >= 15 is 0 Å². The van der Waals surface area contributed by atoms with Crippen molar-refractivity contribution in [1.82, 2.24) is 5.32 Å². The first-order valence-electron chi connectivity index (χ1n) is 5.07. The van der Waals surface area contributed by atoms with Crippen molar-refractivity contribution in [3.05, 3.63) is 34.3 Å². The van der Waals surface area contributed by atoms with E-state index < -0.39 is 6.09 Å². The predicted octanol–water partition coefficient (Wildman–Crippen LogP) is 2.02. The van der Waals surface area contributed by atoms with E-state index in [4.69, 9.17) is 10.5 Å². The van der Waals surface area contributed by atoms with Crippen LogP contribution in [-0.4, -0.2) is 19.2 Å². The van der Waals surface area contributed by atoms with Gasteiger partial charge >= 0.3 is 6.09 Å². The lowest BCUT2D eigenvalue weighted by atomic mass is 10.2. The predicted molar refractivity (Wildman–Crippen MR) is 66.0 cm³/mol. The third kappa shape index (κ3) is 5.14. The molecule has 1 aromatic rings. The molecule has 0 radical (unpaired) electrons. The third-order valence-electron chi connectivity index (χ3n) is 1.91. The van der Waals surface area contributed by atoms with Gasteiger partial charge in [-0.25, -0.2) is 4.79 Å². The summed E-state index contributed by atoms with van der Waals surface area (Å²) in [5.41, 5.74) is 6.25. The van der Waals surface area contributed by atoms with E-state index in [1.807, 2.05) is 24.3 Å². The van der Waals surface area contributed by atoms with Crippen LogP contribution < -0.4 is 11.1 Å². The zero-order valence-electron chi connectivity index (χ0n) is 8.91. The van der Waals surface area contributed by atoms with E-state index in [9.17, 15) is 4.79 Å². The van der Waals surface area contributed by atoms with Crippen LogP contribution in [0.3, 0.4) is 0 Å². The summed E-state index contributed by atoms with van der Waals surface area (Å²) in [5, 5.41) is 2.62. The summed E-state index contributed by atoms with van der Waals surface area (Å²) in [4.78, 5) is 11.2. The first kappa shape index (κ1) is 13.0. The molecule has 16 heavy (non-hydrogen) atoms. The Labute approximate surface area is 103 Å². The molecule has 0 saturated heterocycles. The average molecular weight is 287 g/mol. The second kappa shape index (κ2) is 7.24. The molecule has 0 atom stereocenters. The van der Waals surface area contributed by atoms with Crippen LogP contribution in [0.25, 0.3) is 0 Å². The monoisotopic (exact) mass is 286 g/mol. The number of amides is 1. The minimum atomic E-state index is -0.409. The molecule has 1 rings (SSSR count). The van der Waals surface area contributed by atoms with Gasteiger partial charge in [-0.3, -0.25) is 0 Å². The van der Waals surface area contributed by atoms with Gasteiger partial charge in [-0.1, -0.05) is 28.1 Å². The quantitative estimate of drug-likeness (QED) is 0.814. The Hall–Kier alpha value is -1.07. The molecule has 3 N–H and O–H groups in total. The molecule has 0 unspecified atom stereocenters. The van der Waals surface area contributed by atoms with Crippen molar-refractivity contribution in [1.29, 1.82) is 0 Å². The van der Waals surface area contributed by atoms with E-state index in [2.05, 4.69) is 21.2 Å². The number of nitrogens with two attached hydrogens (primary N) is 1. The fraction of sp³-hybridized carbons (Fsp3) is 0.364. The van der Waals surface area contributed by atoms with Crippen molar-refractivity contribution in [2.75, 3.05) is 13.1 Å². The molecule has 5 heteroatoms. The van der Waals surface area contributed by atoms with E-state index in [0.717, 1.165) is 16.5 Å². The van der Waals surface area contributed by atoms with Gasteiger partial charge in [-0.2, -0.15) is 0 Å². The Morgan fingerprint density at radius 2 is 2.31 bits per heavy atom. The number of ether oxygens (including phenoxy) is 1. The van der Waals surface area contributed by atoms with Crippen LogP contribution in [-0.2, 0) is 11.3 Å². The van der Waals surface area contributed by atoms with Crippen molar-refractivity contribution >= 4 is 22.0 Å². The zero-order chi connectivity index (χ0) is 11.8.